The molecule has 8 heteroatoms. The van der Waals surface area contributed by atoms with Gasteiger partial charge in [-0.1, -0.05) is 30.3 Å². The summed E-state index contributed by atoms with van der Waals surface area (Å²) >= 11 is 0. The van der Waals surface area contributed by atoms with Crippen LogP contribution in [0.25, 0.3) is 0 Å². The highest BCUT2D eigenvalue weighted by atomic mass is 32.2. The molecule has 1 aromatic carbocycles. The van der Waals surface area contributed by atoms with Crippen molar-refractivity contribution >= 4 is 21.8 Å². The van der Waals surface area contributed by atoms with Crippen molar-refractivity contribution in [3.63, 3.8) is 0 Å². The van der Waals surface area contributed by atoms with Gasteiger partial charge in [0.25, 0.3) is 0 Å². The first-order valence-electron chi connectivity index (χ1n) is 10.5. The molecule has 2 aliphatic rings. The third-order valence-corrected chi connectivity index (χ3v) is 8.07. The second-order valence-electron chi connectivity index (χ2n) is 8.08. The molecule has 2 heterocycles. The van der Waals surface area contributed by atoms with Gasteiger partial charge in [-0.05, 0) is 44.1 Å². The largest absolute Gasteiger partial charge is 0.369 e. The molecule has 0 bridgehead atoms. The molecule has 2 amide bonds. The summed E-state index contributed by atoms with van der Waals surface area (Å²) in [5, 5.41) is 0. The zero-order valence-corrected chi connectivity index (χ0v) is 17.6. The second-order valence-corrected chi connectivity index (χ2v) is 10.2. The first-order valence-corrected chi connectivity index (χ1v) is 12.1. The summed E-state index contributed by atoms with van der Waals surface area (Å²) in [6.07, 6.45) is 3.71. The SMILES string of the molecule is NC(=O)C1CCN(C(=O)C2CCN(S(=O)(=O)CCCc3ccccc3)CC2)CC1. The lowest BCUT2D eigenvalue weighted by Crippen LogP contribution is -2.47. The van der Waals surface area contributed by atoms with Crippen LogP contribution in [-0.4, -0.2) is 61.4 Å². The van der Waals surface area contributed by atoms with Gasteiger partial charge in [-0.15, -0.1) is 0 Å². The Hall–Kier alpha value is -1.93. The van der Waals surface area contributed by atoms with Crippen LogP contribution in [0.1, 0.15) is 37.7 Å². The van der Waals surface area contributed by atoms with E-state index in [1.54, 1.807) is 4.31 Å². The number of aryl methyl sites for hydroxylation is 1. The van der Waals surface area contributed by atoms with Gasteiger partial charge in [0.1, 0.15) is 0 Å². The third kappa shape index (κ3) is 5.79. The number of rotatable bonds is 7. The maximum Gasteiger partial charge on any atom is 0.225 e. The lowest BCUT2D eigenvalue weighted by atomic mass is 9.92. The molecule has 0 unspecified atom stereocenters. The number of hydrogen-bond donors (Lipinski definition) is 1. The van der Waals surface area contributed by atoms with E-state index in [4.69, 9.17) is 5.73 Å². The first-order chi connectivity index (χ1) is 13.9. The zero-order valence-electron chi connectivity index (χ0n) is 16.8. The Balaban J connectivity index is 1.43. The summed E-state index contributed by atoms with van der Waals surface area (Å²) in [4.78, 5) is 25.8. The number of carbonyl (C=O) groups is 2. The number of primary amides is 1. The van der Waals surface area contributed by atoms with Crippen LogP contribution in [0.15, 0.2) is 30.3 Å². The molecule has 160 valence electrons. The minimum atomic E-state index is -3.29. The lowest BCUT2D eigenvalue weighted by Gasteiger charge is -2.36. The van der Waals surface area contributed by atoms with E-state index in [-0.39, 0.29) is 29.4 Å². The molecule has 2 saturated heterocycles. The van der Waals surface area contributed by atoms with E-state index in [1.165, 1.54) is 0 Å². The monoisotopic (exact) mass is 421 g/mol. The molecule has 0 atom stereocenters. The molecule has 0 radical (unpaired) electrons. The molecule has 29 heavy (non-hydrogen) atoms. The van der Waals surface area contributed by atoms with Gasteiger partial charge >= 0.3 is 0 Å². The summed E-state index contributed by atoms with van der Waals surface area (Å²) < 4.78 is 26.8. The average molecular weight is 422 g/mol. The molecule has 2 aliphatic heterocycles. The fraction of sp³-hybridized carbons (Fsp3) is 0.619. The minimum Gasteiger partial charge on any atom is -0.369 e. The summed E-state index contributed by atoms with van der Waals surface area (Å²) in [6, 6.07) is 9.89. The number of hydrogen-bond acceptors (Lipinski definition) is 4. The van der Waals surface area contributed by atoms with Gasteiger partial charge in [0, 0.05) is 38.0 Å². The third-order valence-electron chi connectivity index (χ3n) is 6.12. The normalized spacial score (nSPS) is 19.9. The predicted molar refractivity (Wildman–Crippen MR) is 111 cm³/mol. The van der Waals surface area contributed by atoms with Crippen molar-refractivity contribution in [1.29, 1.82) is 0 Å². The van der Waals surface area contributed by atoms with Gasteiger partial charge in [-0.2, -0.15) is 0 Å². The van der Waals surface area contributed by atoms with Gasteiger partial charge < -0.3 is 10.6 Å². The Morgan fingerprint density at radius 3 is 2.10 bits per heavy atom. The Kier molecular flexibility index (Phi) is 7.29. The number of nitrogens with two attached hydrogens (primary N) is 1. The predicted octanol–water partition coefficient (Wildman–Crippen LogP) is 1.38. The molecule has 0 spiro atoms. The van der Waals surface area contributed by atoms with Crippen molar-refractivity contribution in [1.82, 2.24) is 9.21 Å². The van der Waals surface area contributed by atoms with Crippen LogP contribution in [0.2, 0.25) is 0 Å². The second kappa shape index (κ2) is 9.71. The average Bonchev–Trinajstić information content (AvgIpc) is 2.74. The summed E-state index contributed by atoms with van der Waals surface area (Å²) in [5.74, 6) is -0.323. The summed E-state index contributed by atoms with van der Waals surface area (Å²) in [6.45, 7) is 1.93. The standard InChI is InChI=1S/C21H31N3O4S/c22-20(25)18-8-12-23(13-9-18)21(26)19-10-14-24(15-11-19)29(27,28)16-4-7-17-5-2-1-3-6-17/h1-3,5-6,18-19H,4,7-16H2,(H2,22,25). The van der Waals surface area contributed by atoms with E-state index in [0.29, 0.717) is 58.3 Å². The van der Waals surface area contributed by atoms with Gasteiger partial charge in [-0.3, -0.25) is 9.59 Å². The number of sulfonamides is 1. The molecule has 0 aromatic heterocycles. The van der Waals surface area contributed by atoms with Crippen molar-refractivity contribution in [3.05, 3.63) is 35.9 Å². The molecular weight excluding hydrogens is 390 g/mol. The van der Waals surface area contributed by atoms with Crippen LogP contribution in [0.5, 0.6) is 0 Å². The van der Waals surface area contributed by atoms with E-state index in [1.807, 2.05) is 35.2 Å². The Morgan fingerprint density at radius 1 is 0.931 bits per heavy atom. The number of amides is 2. The highest BCUT2D eigenvalue weighted by molar-refractivity contribution is 7.89. The Labute approximate surface area is 173 Å². The molecule has 3 rings (SSSR count). The van der Waals surface area contributed by atoms with Crippen molar-refractivity contribution < 1.29 is 18.0 Å². The van der Waals surface area contributed by atoms with Crippen molar-refractivity contribution in [2.24, 2.45) is 17.6 Å². The van der Waals surface area contributed by atoms with Gasteiger partial charge in [0.05, 0.1) is 5.75 Å². The molecule has 0 saturated carbocycles. The van der Waals surface area contributed by atoms with Crippen LogP contribution in [0.3, 0.4) is 0 Å². The van der Waals surface area contributed by atoms with Gasteiger partial charge in [0.15, 0.2) is 0 Å². The highest BCUT2D eigenvalue weighted by Crippen LogP contribution is 2.25. The Morgan fingerprint density at radius 2 is 1.52 bits per heavy atom. The summed E-state index contributed by atoms with van der Waals surface area (Å²) in [7, 11) is -3.29. The number of nitrogens with zero attached hydrogens (tertiary/aromatic N) is 2. The van der Waals surface area contributed by atoms with E-state index in [2.05, 4.69) is 0 Å². The number of piperidine rings is 2. The molecule has 1 aromatic rings. The smallest absolute Gasteiger partial charge is 0.225 e. The highest BCUT2D eigenvalue weighted by Gasteiger charge is 2.34. The van der Waals surface area contributed by atoms with E-state index < -0.39 is 10.0 Å². The number of benzene rings is 1. The fourth-order valence-corrected chi connectivity index (χ4v) is 5.79. The van der Waals surface area contributed by atoms with Crippen LogP contribution in [-0.2, 0) is 26.0 Å². The van der Waals surface area contributed by atoms with Crippen LogP contribution < -0.4 is 5.73 Å². The van der Waals surface area contributed by atoms with Gasteiger partial charge in [-0.25, -0.2) is 12.7 Å². The van der Waals surface area contributed by atoms with Crippen LogP contribution in [0.4, 0.5) is 0 Å². The van der Waals surface area contributed by atoms with Crippen LogP contribution >= 0.6 is 0 Å². The van der Waals surface area contributed by atoms with Gasteiger partial charge in [0.2, 0.25) is 21.8 Å². The van der Waals surface area contributed by atoms with E-state index in [0.717, 1.165) is 12.0 Å². The molecular formula is C21H31N3O4S. The first kappa shape index (κ1) is 21.8. The Bertz CT molecular complexity index is 796. The maximum atomic E-state index is 12.8. The zero-order chi connectivity index (χ0) is 20.9. The van der Waals surface area contributed by atoms with E-state index in [9.17, 15) is 18.0 Å². The number of carbonyl (C=O) groups excluding carboxylic acids is 2. The lowest BCUT2D eigenvalue weighted by molar-refractivity contribution is -0.139. The maximum absolute atomic E-state index is 12.8. The fourth-order valence-electron chi connectivity index (χ4n) is 4.26. The van der Waals surface area contributed by atoms with Crippen LogP contribution in [0, 0.1) is 11.8 Å². The van der Waals surface area contributed by atoms with E-state index >= 15 is 0 Å². The topological polar surface area (TPSA) is 101 Å². The van der Waals surface area contributed by atoms with Crippen molar-refractivity contribution in [2.75, 3.05) is 31.9 Å². The van der Waals surface area contributed by atoms with Crippen molar-refractivity contribution in [3.8, 4) is 0 Å². The quantitative estimate of drug-likeness (QED) is 0.719. The molecule has 2 fully saturated rings. The molecule has 7 nitrogen and oxygen atoms in total. The van der Waals surface area contributed by atoms with Crippen molar-refractivity contribution in [2.45, 2.75) is 38.5 Å². The molecule has 2 N–H and O–H groups in total. The molecule has 0 aliphatic carbocycles. The number of likely N-dealkylation sites (tertiary alicyclic amines) is 1. The minimum absolute atomic E-state index is 0.0917. The summed E-state index contributed by atoms with van der Waals surface area (Å²) in [5.41, 5.74) is 6.50.